The van der Waals surface area contributed by atoms with Crippen LogP contribution in [0, 0.1) is 0 Å². The summed E-state index contributed by atoms with van der Waals surface area (Å²) in [4.78, 5) is 10.6. The van der Waals surface area contributed by atoms with E-state index in [1.165, 1.54) is 22.9 Å². The maximum Gasteiger partial charge on any atom is 0.455 e. The third kappa shape index (κ3) is 2.76. The maximum atomic E-state index is 13.0. The molecular formula is C10H8F3NO4S2. The lowest BCUT2D eigenvalue weighted by Crippen LogP contribution is -2.56. The number of benzene rings is 1. The molecule has 10 heteroatoms. The number of carbonyl (C=O) groups excluding carboxylic acids is 1. The molecule has 1 aromatic rings. The first-order valence-corrected chi connectivity index (χ1v) is 7.65. The van der Waals surface area contributed by atoms with Crippen molar-refractivity contribution in [3.8, 4) is 0 Å². The lowest BCUT2D eigenvalue weighted by Gasteiger charge is -2.29. The van der Waals surface area contributed by atoms with Gasteiger partial charge in [0.1, 0.15) is 0 Å². The van der Waals surface area contributed by atoms with Gasteiger partial charge in [-0.2, -0.15) is 17.9 Å². The molecule has 1 aromatic carbocycles. The van der Waals surface area contributed by atoms with E-state index in [0.717, 1.165) is 12.1 Å². The zero-order valence-corrected chi connectivity index (χ0v) is 11.3. The summed E-state index contributed by atoms with van der Waals surface area (Å²) in [6, 6.07) is 6.51. The van der Waals surface area contributed by atoms with Crippen molar-refractivity contribution in [2.45, 2.75) is 16.1 Å². The average molecular weight is 327 g/mol. The van der Waals surface area contributed by atoms with Gasteiger partial charge in [0.15, 0.2) is 0 Å². The Morgan fingerprint density at radius 1 is 1.25 bits per heavy atom. The molecule has 1 aliphatic heterocycles. The van der Waals surface area contributed by atoms with Crippen LogP contribution in [0.5, 0.6) is 0 Å². The maximum absolute atomic E-state index is 13.0. The van der Waals surface area contributed by atoms with Crippen molar-refractivity contribution in [3.63, 3.8) is 0 Å². The second-order valence-corrected chi connectivity index (χ2v) is 6.63. The summed E-state index contributed by atoms with van der Waals surface area (Å²) < 4.78 is 68.5. The lowest BCUT2D eigenvalue weighted by atomic mass is 10.4. The minimum atomic E-state index is -5.08. The number of hydrogen-bond donors (Lipinski definition) is 1. The summed E-state index contributed by atoms with van der Waals surface area (Å²) in [5.41, 5.74) is 0. The second-order valence-electron chi connectivity index (χ2n) is 3.80. The van der Waals surface area contributed by atoms with Crippen molar-refractivity contribution < 1.29 is 31.1 Å². The topological polar surface area (TPSA) is 72.5 Å². The van der Waals surface area contributed by atoms with E-state index >= 15 is 0 Å². The van der Waals surface area contributed by atoms with Crippen LogP contribution in [0.4, 0.5) is 13.2 Å². The van der Waals surface area contributed by atoms with E-state index in [2.05, 4.69) is 4.74 Å². The number of carbonyl (C=O) groups is 1. The van der Waals surface area contributed by atoms with Gasteiger partial charge in [0.25, 0.3) is 0 Å². The molecule has 1 fully saturated rings. The molecule has 1 saturated heterocycles. The van der Waals surface area contributed by atoms with Crippen LogP contribution in [0.2, 0.25) is 0 Å². The number of halogens is 3. The quantitative estimate of drug-likeness (QED) is 0.851. The van der Waals surface area contributed by atoms with Crippen molar-refractivity contribution in [2.75, 3.05) is 5.75 Å². The Bertz CT molecular complexity index is 617. The van der Waals surface area contributed by atoms with Crippen molar-refractivity contribution >= 4 is 27.8 Å². The summed E-state index contributed by atoms with van der Waals surface area (Å²) in [6.45, 7) is 0. The zero-order chi connectivity index (χ0) is 15.0. The molecule has 1 atom stereocenters. The molecule has 0 bridgehead atoms. The van der Waals surface area contributed by atoms with Crippen LogP contribution in [0.1, 0.15) is 0 Å². The molecule has 0 saturated carbocycles. The van der Waals surface area contributed by atoms with E-state index in [-0.39, 0.29) is 16.7 Å². The molecule has 1 heterocycles. The van der Waals surface area contributed by atoms with E-state index in [1.807, 2.05) is 0 Å². The van der Waals surface area contributed by atoms with Gasteiger partial charge in [-0.25, -0.2) is 8.42 Å². The van der Waals surface area contributed by atoms with Gasteiger partial charge in [-0.1, -0.05) is 30.0 Å². The minimum absolute atomic E-state index is 0.0394. The number of sulfonamides is 1. The van der Waals surface area contributed by atoms with E-state index < -0.39 is 33.0 Å². The van der Waals surface area contributed by atoms with E-state index in [4.69, 9.17) is 0 Å². The van der Waals surface area contributed by atoms with Crippen molar-refractivity contribution in [1.82, 2.24) is 4.72 Å². The highest BCUT2D eigenvalue weighted by Gasteiger charge is 2.64. The third-order valence-electron chi connectivity index (χ3n) is 2.35. The van der Waals surface area contributed by atoms with Crippen LogP contribution in [0.15, 0.2) is 35.2 Å². The molecular weight excluding hydrogens is 319 g/mol. The van der Waals surface area contributed by atoms with Crippen LogP contribution in [0.3, 0.4) is 0 Å². The van der Waals surface area contributed by atoms with Crippen molar-refractivity contribution in [3.05, 3.63) is 30.3 Å². The van der Waals surface area contributed by atoms with Gasteiger partial charge >= 0.3 is 17.2 Å². The van der Waals surface area contributed by atoms with Gasteiger partial charge in [0.05, 0.1) is 10.6 Å². The molecule has 0 amide bonds. The lowest BCUT2D eigenvalue weighted by molar-refractivity contribution is -0.233. The molecule has 0 radical (unpaired) electrons. The van der Waals surface area contributed by atoms with Crippen LogP contribution in [-0.4, -0.2) is 31.4 Å². The Morgan fingerprint density at radius 2 is 1.85 bits per heavy atom. The molecule has 0 aliphatic carbocycles. The fourth-order valence-corrected chi connectivity index (χ4v) is 3.87. The van der Waals surface area contributed by atoms with Gasteiger partial charge in [0.2, 0.25) is 10.0 Å². The Labute approximate surface area is 116 Å². The van der Waals surface area contributed by atoms with Crippen LogP contribution >= 0.6 is 11.8 Å². The summed E-state index contributed by atoms with van der Waals surface area (Å²) in [7, 11) is -4.48. The van der Waals surface area contributed by atoms with Gasteiger partial charge in [-0.3, -0.25) is 4.79 Å². The summed E-state index contributed by atoms with van der Waals surface area (Å²) in [5.74, 6) is -1.72. The molecule has 1 aliphatic rings. The number of cyclic esters (lactones) is 1. The molecule has 20 heavy (non-hydrogen) atoms. The molecule has 5 nitrogen and oxygen atoms in total. The monoisotopic (exact) mass is 327 g/mol. The fourth-order valence-electron chi connectivity index (χ4n) is 1.46. The van der Waals surface area contributed by atoms with Crippen LogP contribution < -0.4 is 4.72 Å². The first-order valence-electron chi connectivity index (χ1n) is 5.18. The van der Waals surface area contributed by atoms with E-state index in [9.17, 15) is 26.4 Å². The van der Waals surface area contributed by atoms with Gasteiger partial charge < -0.3 is 4.74 Å². The Kier molecular flexibility index (Phi) is 3.73. The Hall–Kier alpha value is -1.26. The fraction of sp³-hybridized carbons (Fsp3) is 0.300. The van der Waals surface area contributed by atoms with Gasteiger partial charge in [-0.15, -0.1) is 0 Å². The average Bonchev–Trinajstić information content (AvgIpc) is 2.72. The highest BCUT2D eigenvalue weighted by Crippen LogP contribution is 2.45. The predicted molar refractivity (Wildman–Crippen MR) is 64.1 cm³/mol. The minimum Gasteiger partial charge on any atom is -0.423 e. The summed E-state index contributed by atoms with van der Waals surface area (Å²) >= 11 is 0.0394. The molecule has 1 N–H and O–H groups in total. The first kappa shape index (κ1) is 15.1. The zero-order valence-electron chi connectivity index (χ0n) is 9.68. The highest BCUT2D eigenvalue weighted by molar-refractivity contribution is 8.02. The second kappa shape index (κ2) is 4.93. The number of esters is 1. The van der Waals surface area contributed by atoms with Crippen molar-refractivity contribution in [2.24, 2.45) is 0 Å². The first-order chi connectivity index (χ1) is 9.16. The Balaban J connectivity index is 2.37. The largest absolute Gasteiger partial charge is 0.455 e. The number of ether oxygens (including phenoxy) is 1. The van der Waals surface area contributed by atoms with E-state index in [1.54, 1.807) is 0 Å². The third-order valence-corrected chi connectivity index (χ3v) is 5.13. The Morgan fingerprint density at radius 3 is 2.30 bits per heavy atom. The SMILES string of the molecule is O=C1CSC(NS(=O)(=O)c2ccccc2)(C(F)(F)F)O1. The molecule has 2 rings (SSSR count). The number of alkyl halides is 3. The molecule has 0 spiro atoms. The molecule has 110 valence electrons. The number of rotatable bonds is 3. The highest BCUT2D eigenvalue weighted by atomic mass is 32.2. The van der Waals surface area contributed by atoms with Crippen molar-refractivity contribution in [1.29, 1.82) is 0 Å². The predicted octanol–water partition coefficient (Wildman–Crippen LogP) is 1.47. The smallest absolute Gasteiger partial charge is 0.423 e. The van der Waals surface area contributed by atoms with Gasteiger partial charge in [-0.05, 0) is 12.1 Å². The number of nitrogens with one attached hydrogen (secondary N) is 1. The standard InChI is InChI=1S/C10H8F3NO4S2/c11-9(12,13)10(18-8(15)6-19-10)14-20(16,17)7-4-2-1-3-5-7/h1-5,14H,6H2. The van der Waals surface area contributed by atoms with E-state index in [0.29, 0.717) is 0 Å². The normalized spacial score (nSPS) is 23.6. The number of hydrogen-bond acceptors (Lipinski definition) is 5. The summed E-state index contributed by atoms with van der Waals surface area (Å²) in [5, 5.41) is -3.28. The van der Waals surface area contributed by atoms with Gasteiger partial charge in [0, 0.05) is 0 Å². The van der Waals surface area contributed by atoms with Crippen LogP contribution in [0.25, 0.3) is 0 Å². The van der Waals surface area contributed by atoms with Crippen LogP contribution in [-0.2, 0) is 19.6 Å². The molecule has 1 unspecified atom stereocenters. The summed E-state index contributed by atoms with van der Waals surface area (Å²) in [6.07, 6.45) is -5.08. The number of thioether (sulfide) groups is 1. The molecule has 0 aromatic heterocycles.